The molecule has 0 saturated heterocycles. The first-order valence-corrected chi connectivity index (χ1v) is 11.7. The number of anilines is 2. The Labute approximate surface area is 181 Å². The molecule has 1 aromatic heterocycles. The molecule has 2 aliphatic rings. The van der Waals surface area contributed by atoms with Crippen LogP contribution in [0.4, 0.5) is 16.3 Å². The van der Waals surface area contributed by atoms with Crippen molar-refractivity contribution in [2.75, 3.05) is 17.1 Å². The van der Waals surface area contributed by atoms with E-state index < -0.39 is 16.1 Å². The molecule has 0 aromatic carbocycles. The number of allylic oxidation sites excluding steroid dienone is 5. The molecule has 2 amide bonds. The van der Waals surface area contributed by atoms with Crippen LogP contribution in [-0.2, 0) is 15.8 Å². The number of urea groups is 1. The highest BCUT2D eigenvalue weighted by molar-refractivity contribution is 9.10. The minimum atomic E-state index is -3.44. The number of nitrogens with two attached hydrogens (primary N) is 1. The molecule has 0 unspecified atom stereocenters. The Morgan fingerprint density at radius 2 is 1.79 bits per heavy atom. The highest BCUT2D eigenvalue weighted by Crippen LogP contribution is 2.37. The van der Waals surface area contributed by atoms with E-state index in [4.69, 9.17) is 0 Å². The summed E-state index contributed by atoms with van der Waals surface area (Å²) in [6.45, 7) is 8.00. The zero-order chi connectivity index (χ0) is 22.4. The summed E-state index contributed by atoms with van der Waals surface area (Å²) in [5.74, 6) is 0.0183. The summed E-state index contributed by atoms with van der Waals surface area (Å²) in [5.41, 5.74) is 6.07. The van der Waals surface area contributed by atoms with E-state index in [1.54, 1.807) is 6.08 Å². The Hall–Kier alpha value is -2.17. The number of amides is 2. The second-order valence-corrected chi connectivity index (χ2v) is 7.53. The molecule has 1 aliphatic carbocycles. The standard InChI is InChI=1S/C14H13BrN4O3S.2C2H6.CH5N/c15-11-7-16-13(12-10(11)8-23(21,22)19-12)18-14(20)17-9-5-3-1-2-4-6-9;3*1-2/h1-5,7,19H,6,8H2,(H2,16,17,18,20);2*1-2H3;2H2,1H3. The van der Waals surface area contributed by atoms with Gasteiger partial charge in [0.05, 0.1) is 11.4 Å². The summed E-state index contributed by atoms with van der Waals surface area (Å²) in [7, 11) is -1.94. The molecule has 8 nitrogen and oxygen atoms in total. The molecule has 1 aromatic rings. The highest BCUT2D eigenvalue weighted by atomic mass is 79.9. The molecule has 1 aliphatic heterocycles. The number of hydrogen-bond acceptors (Lipinski definition) is 5. The topological polar surface area (TPSA) is 126 Å². The number of carbonyl (C=O) groups is 1. The second-order valence-electron chi connectivity index (χ2n) is 4.96. The lowest BCUT2D eigenvalue weighted by Crippen LogP contribution is -2.28. The molecule has 0 fully saturated rings. The van der Waals surface area contributed by atoms with Gasteiger partial charge in [0.2, 0.25) is 10.0 Å². The van der Waals surface area contributed by atoms with Crippen molar-refractivity contribution in [2.24, 2.45) is 5.73 Å². The van der Waals surface area contributed by atoms with Gasteiger partial charge >= 0.3 is 6.03 Å². The Kier molecular flexibility index (Phi) is 12.9. The monoisotopic (exact) mass is 487 g/mol. The molecular weight excluding hydrogens is 458 g/mol. The van der Waals surface area contributed by atoms with E-state index in [0.717, 1.165) is 5.70 Å². The summed E-state index contributed by atoms with van der Waals surface area (Å²) in [4.78, 5) is 16.2. The van der Waals surface area contributed by atoms with Crippen LogP contribution in [0.5, 0.6) is 0 Å². The SMILES string of the molecule is CC.CC.CN.O=C(NC1=CC=CC=CC1)Nc1ncc(Br)c2c1NS(=O)(=O)C2. The first-order valence-electron chi connectivity index (χ1n) is 9.30. The Morgan fingerprint density at radius 3 is 2.45 bits per heavy atom. The van der Waals surface area contributed by atoms with Crippen LogP contribution in [0.2, 0.25) is 0 Å². The number of aromatic nitrogens is 1. The van der Waals surface area contributed by atoms with Crippen molar-refractivity contribution in [3.8, 4) is 0 Å². The molecular formula is C19H30BrN5O3S. The Balaban J connectivity index is 0.00000120. The summed E-state index contributed by atoms with van der Waals surface area (Å²) in [5, 5.41) is 5.29. The molecule has 162 valence electrons. The first kappa shape index (κ1) is 26.8. The minimum absolute atomic E-state index is 0.150. The second kappa shape index (κ2) is 13.9. The van der Waals surface area contributed by atoms with E-state index in [-0.39, 0.29) is 11.6 Å². The molecule has 0 spiro atoms. The van der Waals surface area contributed by atoms with E-state index >= 15 is 0 Å². The number of fused-ring (bicyclic) bond motifs is 1. The van der Waals surface area contributed by atoms with Crippen molar-refractivity contribution >= 4 is 43.5 Å². The largest absolute Gasteiger partial charge is 0.333 e. The van der Waals surface area contributed by atoms with Crippen LogP contribution in [0.3, 0.4) is 0 Å². The maximum atomic E-state index is 12.1. The number of halogens is 1. The first-order chi connectivity index (χ1) is 13.9. The van der Waals surface area contributed by atoms with Gasteiger partial charge in [-0.15, -0.1) is 0 Å². The van der Waals surface area contributed by atoms with Gasteiger partial charge in [-0.05, 0) is 29.1 Å². The number of sulfonamides is 1. The minimum Gasteiger partial charge on any atom is -0.333 e. The average Bonchev–Trinajstić information content (AvgIpc) is 2.89. The van der Waals surface area contributed by atoms with Gasteiger partial charge in [0.1, 0.15) is 0 Å². The van der Waals surface area contributed by atoms with Crippen molar-refractivity contribution in [1.82, 2.24) is 10.3 Å². The van der Waals surface area contributed by atoms with Gasteiger partial charge < -0.3 is 11.1 Å². The van der Waals surface area contributed by atoms with Crippen LogP contribution >= 0.6 is 15.9 Å². The van der Waals surface area contributed by atoms with Crippen molar-refractivity contribution in [2.45, 2.75) is 39.9 Å². The lowest BCUT2D eigenvalue weighted by atomic mass is 10.2. The molecule has 0 radical (unpaired) electrons. The van der Waals surface area contributed by atoms with Crippen LogP contribution in [0.15, 0.2) is 46.7 Å². The lowest BCUT2D eigenvalue weighted by molar-refractivity contribution is 0.254. The zero-order valence-corrected chi connectivity index (χ0v) is 19.8. The van der Waals surface area contributed by atoms with Gasteiger partial charge in [-0.1, -0.05) is 52.0 Å². The van der Waals surface area contributed by atoms with E-state index in [2.05, 4.69) is 42.0 Å². The van der Waals surface area contributed by atoms with Gasteiger partial charge in [-0.25, -0.2) is 18.2 Å². The number of nitrogens with zero attached hydrogens (tertiary/aromatic N) is 1. The van der Waals surface area contributed by atoms with Crippen LogP contribution in [0.25, 0.3) is 0 Å². The quantitative estimate of drug-likeness (QED) is 0.495. The maximum absolute atomic E-state index is 12.1. The number of hydrogen-bond donors (Lipinski definition) is 4. The fourth-order valence-corrected chi connectivity index (χ4v) is 4.12. The molecule has 10 heteroatoms. The average molecular weight is 488 g/mol. The predicted octanol–water partition coefficient (Wildman–Crippen LogP) is 4.25. The normalized spacial score (nSPS) is 14.7. The molecule has 0 bridgehead atoms. The number of carbonyl (C=O) groups excluding carboxylic acids is 1. The fraction of sp³-hybridized carbons (Fsp3) is 0.368. The molecule has 5 N–H and O–H groups in total. The number of rotatable bonds is 2. The van der Waals surface area contributed by atoms with Crippen molar-refractivity contribution in [3.63, 3.8) is 0 Å². The summed E-state index contributed by atoms with van der Waals surface area (Å²) in [6.07, 6.45) is 11.3. The van der Waals surface area contributed by atoms with Crippen LogP contribution < -0.4 is 21.1 Å². The van der Waals surface area contributed by atoms with E-state index in [1.165, 1.54) is 13.2 Å². The number of nitrogens with one attached hydrogen (secondary N) is 3. The summed E-state index contributed by atoms with van der Waals surface area (Å²) in [6, 6.07) is -0.483. The fourth-order valence-electron chi connectivity index (χ4n) is 2.21. The lowest BCUT2D eigenvalue weighted by Gasteiger charge is -2.11. The van der Waals surface area contributed by atoms with Crippen molar-refractivity contribution in [3.05, 3.63) is 52.3 Å². The van der Waals surface area contributed by atoms with Crippen LogP contribution in [0.1, 0.15) is 39.7 Å². The third kappa shape index (κ3) is 8.38. The third-order valence-corrected chi connectivity index (χ3v) is 5.09. The molecule has 2 heterocycles. The highest BCUT2D eigenvalue weighted by Gasteiger charge is 2.29. The summed E-state index contributed by atoms with van der Waals surface area (Å²) < 4.78 is 26.4. The van der Waals surface area contributed by atoms with Crippen molar-refractivity contribution in [1.29, 1.82) is 0 Å². The number of pyridine rings is 1. The van der Waals surface area contributed by atoms with Gasteiger partial charge in [-0.3, -0.25) is 10.0 Å². The van der Waals surface area contributed by atoms with Gasteiger partial charge in [-0.2, -0.15) is 0 Å². The van der Waals surface area contributed by atoms with E-state index in [9.17, 15) is 13.2 Å². The van der Waals surface area contributed by atoms with Crippen molar-refractivity contribution < 1.29 is 13.2 Å². The maximum Gasteiger partial charge on any atom is 0.324 e. The van der Waals surface area contributed by atoms with Gasteiger partial charge in [0, 0.05) is 28.4 Å². The molecule has 0 saturated carbocycles. The van der Waals surface area contributed by atoms with Gasteiger partial charge in [0.15, 0.2) is 5.82 Å². The van der Waals surface area contributed by atoms with E-state index in [0.29, 0.717) is 22.1 Å². The summed E-state index contributed by atoms with van der Waals surface area (Å²) >= 11 is 3.27. The van der Waals surface area contributed by atoms with Gasteiger partial charge in [0.25, 0.3) is 0 Å². The van der Waals surface area contributed by atoms with E-state index in [1.807, 2.05) is 52.0 Å². The predicted molar refractivity (Wildman–Crippen MR) is 124 cm³/mol. The molecule has 3 rings (SSSR count). The zero-order valence-electron chi connectivity index (χ0n) is 17.4. The molecule has 29 heavy (non-hydrogen) atoms. The molecule has 0 atom stereocenters. The Bertz CT molecular complexity index is 865. The Morgan fingerprint density at radius 1 is 1.14 bits per heavy atom. The van der Waals surface area contributed by atoms with Crippen LogP contribution in [-0.4, -0.2) is 26.5 Å². The van der Waals surface area contributed by atoms with Crippen LogP contribution in [0, 0.1) is 0 Å². The third-order valence-electron chi connectivity index (χ3n) is 3.23. The smallest absolute Gasteiger partial charge is 0.324 e.